The van der Waals surface area contributed by atoms with Crippen molar-refractivity contribution in [2.45, 2.75) is 26.4 Å². The normalized spacial score (nSPS) is 12.9. The van der Waals surface area contributed by atoms with Gasteiger partial charge in [-0.05, 0) is 30.9 Å². The van der Waals surface area contributed by atoms with Gasteiger partial charge in [0.15, 0.2) is 0 Å². The van der Waals surface area contributed by atoms with Gasteiger partial charge in [0.25, 0.3) is 0 Å². The number of thiophene rings is 1. The average Bonchev–Trinajstić information content (AvgIpc) is 2.67. The Kier molecular flexibility index (Phi) is 6.64. The van der Waals surface area contributed by atoms with Crippen molar-refractivity contribution in [3.63, 3.8) is 0 Å². The molecule has 0 saturated carbocycles. The maximum Gasteiger partial charge on any atom is 0.0587 e. The number of methoxy groups -OCH3 is 1. The summed E-state index contributed by atoms with van der Waals surface area (Å²) in [5.74, 6) is 0. The first-order chi connectivity index (χ1) is 7.74. The van der Waals surface area contributed by atoms with Gasteiger partial charge in [-0.1, -0.05) is 0 Å². The Morgan fingerprint density at radius 2 is 2.31 bits per heavy atom. The number of hydrogen-bond donors (Lipinski definition) is 2. The molecule has 0 aliphatic heterocycles. The lowest BCUT2D eigenvalue weighted by molar-refractivity contribution is 0.198. The fourth-order valence-electron chi connectivity index (χ4n) is 1.42. The number of aryl methyl sites for hydroxylation is 1. The third-order valence-electron chi connectivity index (χ3n) is 2.51. The van der Waals surface area contributed by atoms with Crippen LogP contribution < -0.4 is 10.6 Å². The highest BCUT2D eigenvalue weighted by Gasteiger charge is 2.03. The monoisotopic (exact) mass is 242 g/mol. The lowest BCUT2D eigenvalue weighted by Crippen LogP contribution is -2.37. The van der Waals surface area contributed by atoms with E-state index in [9.17, 15) is 0 Å². The van der Waals surface area contributed by atoms with E-state index in [0.29, 0.717) is 6.04 Å². The standard InChI is InChI=1S/C12H22N2OS/c1-10-4-7-16-12(10)9-14-11(2)8-13-5-6-15-3/h4,7,11,13-14H,5-6,8-9H2,1-3H3. The number of rotatable bonds is 8. The van der Waals surface area contributed by atoms with Crippen molar-refractivity contribution in [1.29, 1.82) is 0 Å². The first-order valence-electron chi connectivity index (χ1n) is 5.70. The van der Waals surface area contributed by atoms with Gasteiger partial charge in [0.05, 0.1) is 6.61 Å². The maximum atomic E-state index is 4.98. The number of ether oxygens (including phenoxy) is 1. The van der Waals surface area contributed by atoms with Crippen LogP contribution in [0.15, 0.2) is 11.4 Å². The van der Waals surface area contributed by atoms with Gasteiger partial charge in [-0.3, -0.25) is 0 Å². The third kappa shape index (κ3) is 5.07. The number of nitrogens with one attached hydrogen (secondary N) is 2. The lowest BCUT2D eigenvalue weighted by atomic mass is 10.2. The molecule has 0 aliphatic carbocycles. The van der Waals surface area contributed by atoms with Crippen LogP contribution in [0.1, 0.15) is 17.4 Å². The van der Waals surface area contributed by atoms with Crippen LogP contribution in [-0.2, 0) is 11.3 Å². The Hall–Kier alpha value is -0.420. The van der Waals surface area contributed by atoms with Crippen LogP contribution in [0, 0.1) is 6.92 Å². The first kappa shape index (κ1) is 13.6. The van der Waals surface area contributed by atoms with E-state index >= 15 is 0 Å². The molecule has 0 aliphatic rings. The summed E-state index contributed by atoms with van der Waals surface area (Å²) in [4.78, 5) is 1.43. The minimum absolute atomic E-state index is 0.485. The fraction of sp³-hybridized carbons (Fsp3) is 0.667. The van der Waals surface area contributed by atoms with Crippen LogP contribution in [-0.4, -0.2) is 32.8 Å². The van der Waals surface area contributed by atoms with Crippen LogP contribution in [0.4, 0.5) is 0 Å². The quantitative estimate of drug-likeness (QED) is 0.682. The van der Waals surface area contributed by atoms with Crippen molar-refractivity contribution in [1.82, 2.24) is 10.6 Å². The van der Waals surface area contributed by atoms with Gasteiger partial charge >= 0.3 is 0 Å². The molecule has 0 bridgehead atoms. The molecule has 16 heavy (non-hydrogen) atoms. The summed E-state index contributed by atoms with van der Waals surface area (Å²) >= 11 is 1.82. The van der Waals surface area contributed by atoms with Crippen LogP contribution in [0.5, 0.6) is 0 Å². The third-order valence-corrected chi connectivity index (χ3v) is 3.54. The molecule has 1 rings (SSSR count). The fourth-order valence-corrected chi connectivity index (χ4v) is 2.27. The summed E-state index contributed by atoms with van der Waals surface area (Å²) in [7, 11) is 1.73. The Morgan fingerprint density at radius 3 is 2.94 bits per heavy atom. The molecular formula is C12H22N2OS. The lowest BCUT2D eigenvalue weighted by Gasteiger charge is -2.14. The minimum atomic E-state index is 0.485. The predicted octanol–water partition coefficient (Wildman–Crippen LogP) is 1.77. The van der Waals surface area contributed by atoms with E-state index in [2.05, 4.69) is 35.9 Å². The van der Waals surface area contributed by atoms with Gasteiger partial charge in [-0.2, -0.15) is 0 Å². The molecule has 3 nitrogen and oxygen atoms in total. The van der Waals surface area contributed by atoms with Gasteiger partial charge < -0.3 is 15.4 Å². The molecule has 0 amide bonds. The summed E-state index contributed by atoms with van der Waals surface area (Å²) in [6, 6.07) is 2.65. The van der Waals surface area contributed by atoms with E-state index in [4.69, 9.17) is 4.74 Å². The molecule has 0 fully saturated rings. The van der Waals surface area contributed by atoms with Gasteiger partial charge in [-0.15, -0.1) is 11.3 Å². The Morgan fingerprint density at radius 1 is 1.50 bits per heavy atom. The van der Waals surface area contributed by atoms with Crippen LogP contribution in [0.2, 0.25) is 0 Å². The van der Waals surface area contributed by atoms with Crippen LogP contribution in [0.3, 0.4) is 0 Å². The summed E-state index contributed by atoms with van der Waals surface area (Å²) < 4.78 is 4.98. The van der Waals surface area contributed by atoms with Crippen molar-refractivity contribution in [3.8, 4) is 0 Å². The smallest absolute Gasteiger partial charge is 0.0587 e. The van der Waals surface area contributed by atoms with Crippen molar-refractivity contribution in [2.24, 2.45) is 0 Å². The molecule has 92 valence electrons. The first-order valence-corrected chi connectivity index (χ1v) is 6.58. The molecule has 2 N–H and O–H groups in total. The molecule has 4 heteroatoms. The zero-order chi connectivity index (χ0) is 11.8. The van der Waals surface area contributed by atoms with E-state index in [0.717, 1.165) is 26.2 Å². The zero-order valence-electron chi connectivity index (χ0n) is 10.4. The molecule has 1 aromatic heterocycles. The van der Waals surface area contributed by atoms with E-state index in [1.54, 1.807) is 7.11 Å². The zero-order valence-corrected chi connectivity index (χ0v) is 11.2. The molecule has 1 atom stereocenters. The van der Waals surface area contributed by atoms with E-state index < -0.39 is 0 Å². The Labute approximate surface area is 102 Å². The SMILES string of the molecule is COCCNCC(C)NCc1sccc1C. The van der Waals surface area contributed by atoms with E-state index in [1.165, 1.54) is 10.4 Å². The second kappa shape index (κ2) is 7.79. The summed E-state index contributed by atoms with van der Waals surface area (Å²) in [5.41, 5.74) is 1.39. The van der Waals surface area contributed by atoms with Crippen molar-refractivity contribution in [2.75, 3.05) is 26.8 Å². The minimum Gasteiger partial charge on any atom is -0.383 e. The number of hydrogen-bond acceptors (Lipinski definition) is 4. The summed E-state index contributed by atoms with van der Waals surface area (Å²) in [6.07, 6.45) is 0. The Balaban J connectivity index is 2.10. The van der Waals surface area contributed by atoms with Gasteiger partial charge in [0.1, 0.15) is 0 Å². The van der Waals surface area contributed by atoms with Gasteiger partial charge in [-0.25, -0.2) is 0 Å². The molecule has 0 aromatic carbocycles. The van der Waals surface area contributed by atoms with Crippen molar-refractivity contribution >= 4 is 11.3 Å². The molecule has 0 saturated heterocycles. The molecule has 0 spiro atoms. The topological polar surface area (TPSA) is 33.3 Å². The average molecular weight is 242 g/mol. The van der Waals surface area contributed by atoms with Crippen molar-refractivity contribution < 1.29 is 4.74 Å². The molecule has 0 radical (unpaired) electrons. The highest BCUT2D eigenvalue weighted by Crippen LogP contribution is 2.14. The molecular weight excluding hydrogens is 220 g/mol. The predicted molar refractivity (Wildman–Crippen MR) is 70.1 cm³/mol. The van der Waals surface area contributed by atoms with Crippen molar-refractivity contribution in [3.05, 3.63) is 21.9 Å². The summed E-state index contributed by atoms with van der Waals surface area (Å²) in [5, 5.41) is 9.00. The van der Waals surface area contributed by atoms with Gasteiger partial charge in [0.2, 0.25) is 0 Å². The highest BCUT2D eigenvalue weighted by atomic mass is 32.1. The Bertz CT molecular complexity index is 288. The second-order valence-electron chi connectivity index (χ2n) is 4.01. The van der Waals surface area contributed by atoms with Crippen LogP contribution in [0.25, 0.3) is 0 Å². The van der Waals surface area contributed by atoms with E-state index in [1.807, 2.05) is 11.3 Å². The molecule has 1 unspecified atom stereocenters. The van der Waals surface area contributed by atoms with E-state index in [-0.39, 0.29) is 0 Å². The van der Waals surface area contributed by atoms with Crippen LogP contribution >= 0.6 is 11.3 Å². The second-order valence-corrected chi connectivity index (χ2v) is 5.01. The summed E-state index contributed by atoms with van der Waals surface area (Å²) in [6.45, 7) is 8.00. The molecule has 1 heterocycles. The van der Waals surface area contributed by atoms with Gasteiger partial charge in [0, 0.05) is 37.7 Å². The molecule has 1 aromatic rings. The highest BCUT2D eigenvalue weighted by molar-refractivity contribution is 7.10. The largest absolute Gasteiger partial charge is 0.383 e. The maximum absolute atomic E-state index is 4.98.